The Labute approximate surface area is 102 Å². The average molecular weight is 239 g/mol. The summed E-state index contributed by atoms with van der Waals surface area (Å²) in [5.74, 6) is 0.251. The molecule has 0 aromatic carbocycles. The molecule has 0 aromatic heterocycles. The van der Waals surface area contributed by atoms with Gasteiger partial charge < -0.3 is 15.5 Å². The van der Waals surface area contributed by atoms with Crippen molar-refractivity contribution >= 4 is 11.8 Å². The van der Waals surface area contributed by atoms with Crippen molar-refractivity contribution in [3.05, 3.63) is 0 Å². The number of hydrogen-bond acceptors (Lipinski definition) is 3. The van der Waals surface area contributed by atoms with E-state index in [0.717, 1.165) is 19.4 Å². The maximum absolute atomic E-state index is 12.1. The van der Waals surface area contributed by atoms with Crippen LogP contribution in [0.5, 0.6) is 0 Å². The van der Waals surface area contributed by atoms with E-state index in [0.29, 0.717) is 19.1 Å². The number of piperidine rings is 1. The zero-order valence-electron chi connectivity index (χ0n) is 10.5. The lowest BCUT2D eigenvalue weighted by Gasteiger charge is -2.36. The monoisotopic (exact) mass is 239 g/mol. The van der Waals surface area contributed by atoms with Crippen molar-refractivity contribution in [3.8, 4) is 0 Å². The van der Waals surface area contributed by atoms with Crippen LogP contribution in [0.3, 0.4) is 0 Å². The third-order valence-electron chi connectivity index (χ3n) is 3.58. The summed E-state index contributed by atoms with van der Waals surface area (Å²) in [5, 5.41) is 6.00. The van der Waals surface area contributed by atoms with Gasteiger partial charge in [0.1, 0.15) is 0 Å². The number of hydrogen-bond donors (Lipinski definition) is 2. The predicted octanol–water partition coefficient (Wildman–Crippen LogP) is -0.279. The van der Waals surface area contributed by atoms with E-state index < -0.39 is 0 Å². The number of carbonyl (C=O) groups is 2. The molecule has 2 heterocycles. The first-order valence-electron chi connectivity index (χ1n) is 6.40. The Kier molecular flexibility index (Phi) is 3.66. The van der Waals surface area contributed by atoms with Crippen LogP contribution in [0.15, 0.2) is 0 Å². The molecule has 5 nitrogen and oxygen atoms in total. The van der Waals surface area contributed by atoms with Crippen molar-refractivity contribution < 1.29 is 9.59 Å². The maximum atomic E-state index is 12.1. The van der Waals surface area contributed by atoms with Gasteiger partial charge in [-0.1, -0.05) is 13.8 Å². The van der Waals surface area contributed by atoms with Crippen molar-refractivity contribution in [3.63, 3.8) is 0 Å². The number of nitrogens with one attached hydrogen (secondary N) is 2. The number of nitrogens with zero attached hydrogens (tertiary/aromatic N) is 1. The Morgan fingerprint density at radius 3 is 3.06 bits per heavy atom. The Morgan fingerprint density at radius 2 is 2.35 bits per heavy atom. The fourth-order valence-corrected chi connectivity index (χ4v) is 2.65. The van der Waals surface area contributed by atoms with Crippen LogP contribution in [-0.2, 0) is 9.59 Å². The van der Waals surface area contributed by atoms with Crippen LogP contribution in [0.1, 0.15) is 26.7 Å². The quantitative estimate of drug-likeness (QED) is 0.712. The molecule has 5 heteroatoms. The van der Waals surface area contributed by atoms with Gasteiger partial charge in [-0.2, -0.15) is 0 Å². The third-order valence-corrected chi connectivity index (χ3v) is 3.58. The zero-order chi connectivity index (χ0) is 12.4. The molecule has 0 radical (unpaired) electrons. The van der Waals surface area contributed by atoms with Crippen LogP contribution in [0.2, 0.25) is 0 Å². The molecule has 0 aromatic rings. The molecule has 0 saturated carbocycles. The van der Waals surface area contributed by atoms with Gasteiger partial charge in [0.05, 0.1) is 18.5 Å². The first kappa shape index (κ1) is 12.4. The van der Waals surface area contributed by atoms with Gasteiger partial charge in [-0.25, -0.2) is 0 Å². The summed E-state index contributed by atoms with van der Waals surface area (Å²) in [6.45, 7) is 5.82. The molecule has 2 saturated heterocycles. The van der Waals surface area contributed by atoms with E-state index >= 15 is 0 Å². The maximum Gasteiger partial charge on any atom is 0.236 e. The molecule has 2 aliphatic heterocycles. The van der Waals surface area contributed by atoms with Gasteiger partial charge in [0.25, 0.3) is 0 Å². The molecule has 0 bridgehead atoms. The number of rotatable bonds is 3. The minimum Gasteiger partial charge on any atom is -0.354 e. The Balaban J connectivity index is 1.95. The van der Waals surface area contributed by atoms with Crippen LogP contribution < -0.4 is 10.6 Å². The lowest BCUT2D eigenvalue weighted by molar-refractivity contribution is -0.135. The van der Waals surface area contributed by atoms with Crippen LogP contribution in [0, 0.1) is 5.92 Å². The highest BCUT2D eigenvalue weighted by atomic mass is 16.2. The third kappa shape index (κ3) is 2.60. The summed E-state index contributed by atoms with van der Waals surface area (Å²) in [5.41, 5.74) is 0. The van der Waals surface area contributed by atoms with Crippen LogP contribution in [-0.4, -0.2) is 48.4 Å². The van der Waals surface area contributed by atoms with E-state index in [4.69, 9.17) is 0 Å². The van der Waals surface area contributed by atoms with E-state index in [1.165, 1.54) is 0 Å². The predicted molar refractivity (Wildman–Crippen MR) is 64.4 cm³/mol. The topological polar surface area (TPSA) is 61.4 Å². The van der Waals surface area contributed by atoms with Crippen molar-refractivity contribution in [2.45, 2.75) is 38.8 Å². The molecule has 96 valence electrons. The van der Waals surface area contributed by atoms with Gasteiger partial charge in [-0.15, -0.1) is 0 Å². The van der Waals surface area contributed by atoms with Crippen molar-refractivity contribution in [2.75, 3.05) is 19.6 Å². The SMILES string of the molecule is CC(C)NCC(=O)N1CCCC2C(=O)NCC21. The second-order valence-electron chi connectivity index (χ2n) is 5.18. The highest BCUT2D eigenvalue weighted by molar-refractivity contribution is 5.85. The summed E-state index contributed by atoms with van der Waals surface area (Å²) in [6.07, 6.45) is 1.85. The lowest BCUT2D eigenvalue weighted by Crippen LogP contribution is -2.51. The van der Waals surface area contributed by atoms with E-state index in [9.17, 15) is 9.59 Å². The zero-order valence-corrected chi connectivity index (χ0v) is 10.5. The van der Waals surface area contributed by atoms with Gasteiger partial charge in [0, 0.05) is 19.1 Å². The van der Waals surface area contributed by atoms with Gasteiger partial charge in [-0.3, -0.25) is 9.59 Å². The average Bonchev–Trinajstić information content (AvgIpc) is 2.68. The van der Waals surface area contributed by atoms with E-state index in [1.54, 1.807) is 0 Å². The molecule has 2 unspecified atom stereocenters. The fraction of sp³-hybridized carbons (Fsp3) is 0.833. The van der Waals surface area contributed by atoms with Gasteiger partial charge >= 0.3 is 0 Å². The van der Waals surface area contributed by atoms with Crippen molar-refractivity contribution in [1.82, 2.24) is 15.5 Å². The number of carbonyl (C=O) groups excluding carboxylic acids is 2. The first-order valence-corrected chi connectivity index (χ1v) is 6.40. The molecule has 2 aliphatic rings. The molecular formula is C12H21N3O2. The van der Waals surface area contributed by atoms with Crippen molar-refractivity contribution in [2.24, 2.45) is 5.92 Å². The largest absolute Gasteiger partial charge is 0.354 e. The summed E-state index contributed by atoms with van der Waals surface area (Å²) >= 11 is 0. The first-order chi connectivity index (χ1) is 8.09. The molecule has 2 atom stereocenters. The molecule has 2 fully saturated rings. The number of likely N-dealkylation sites (tertiary alicyclic amines) is 1. The summed E-state index contributed by atoms with van der Waals surface area (Å²) in [7, 11) is 0. The minimum atomic E-state index is 0.0201. The molecular weight excluding hydrogens is 218 g/mol. The highest BCUT2D eigenvalue weighted by Crippen LogP contribution is 2.27. The summed E-state index contributed by atoms with van der Waals surface area (Å²) in [6, 6.07) is 0.389. The van der Waals surface area contributed by atoms with Crippen LogP contribution >= 0.6 is 0 Å². The molecule has 17 heavy (non-hydrogen) atoms. The van der Waals surface area contributed by atoms with Crippen LogP contribution in [0.4, 0.5) is 0 Å². The minimum absolute atomic E-state index is 0.0201. The Hall–Kier alpha value is -1.10. The normalized spacial score (nSPS) is 28.2. The van der Waals surface area contributed by atoms with Crippen molar-refractivity contribution in [1.29, 1.82) is 0 Å². The second-order valence-corrected chi connectivity index (χ2v) is 5.18. The standard InChI is InChI=1S/C12H21N3O2/c1-8(2)13-7-11(16)15-5-3-4-9-10(15)6-14-12(9)17/h8-10,13H,3-7H2,1-2H3,(H,14,17). The molecule has 0 aliphatic carbocycles. The molecule has 2 amide bonds. The van der Waals surface area contributed by atoms with Crippen LogP contribution in [0.25, 0.3) is 0 Å². The van der Waals surface area contributed by atoms with Gasteiger partial charge in [-0.05, 0) is 12.8 Å². The fourth-order valence-electron chi connectivity index (χ4n) is 2.65. The Morgan fingerprint density at radius 1 is 1.59 bits per heavy atom. The van der Waals surface area contributed by atoms with E-state index in [2.05, 4.69) is 10.6 Å². The van der Waals surface area contributed by atoms with Gasteiger partial charge in [0.15, 0.2) is 0 Å². The Bertz CT molecular complexity index is 317. The lowest BCUT2D eigenvalue weighted by atomic mass is 9.91. The van der Waals surface area contributed by atoms with Gasteiger partial charge in [0.2, 0.25) is 11.8 Å². The summed E-state index contributed by atoms with van der Waals surface area (Å²) < 4.78 is 0. The number of fused-ring (bicyclic) bond motifs is 1. The molecule has 2 rings (SSSR count). The molecule has 0 spiro atoms. The number of amides is 2. The summed E-state index contributed by atoms with van der Waals surface area (Å²) in [4.78, 5) is 25.5. The highest BCUT2D eigenvalue weighted by Gasteiger charge is 2.42. The smallest absolute Gasteiger partial charge is 0.236 e. The second kappa shape index (κ2) is 5.04. The molecule has 2 N–H and O–H groups in total. The van der Waals surface area contributed by atoms with E-state index in [1.807, 2.05) is 18.7 Å². The van der Waals surface area contributed by atoms with E-state index in [-0.39, 0.29) is 23.8 Å².